The predicted molar refractivity (Wildman–Crippen MR) is 50.3 cm³/mol. The molecular weight excluding hydrogens is 182 g/mol. The molecule has 1 heterocycles. The van der Waals surface area contributed by atoms with Gasteiger partial charge in [-0.3, -0.25) is 9.78 Å². The summed E-state index contributed by atoms with van der Waals surface area (Å²) in [6, 6.07) is 5.20. The van der Waals surface area contributed by atoms with Crippen LogP contribution in [0.5, 0.6) is 0 Å². The topological polar surface area (TPSA) is 56.3 Å². The van der Waals surface area contributed by atoms with Gasteiger partial charge in [-0.25, -0.2) is 4.79 Å². The molecule has 0 spiro atoms. The second-order valence-electron chi connectivity index (χ2n) is 2.46. The molecule has 0 aliphatic rings. The molecule has 0 aliphatic heterocycles. The molecule has 0 radical (unpaired) electrons. The van der Waals surface area contributed by atoms with E-state index >= 15 is 0 Å². The highest BCUT2D eigenvalue weighted by molar-refractivity contribution is 6.11. The lowest BCUT2D eigenvalue weighted by Crippen LogP contribution is -2.05. The van der Waals surface area contributed by atoms with Crippen molar-refractivity contribution < 1.29 is 14.3 Å². The van der Waals surface area contributed by atoms with Crippen molar-refractivity contribution in [3.05, 3.63) is 35.7 Å². The van der Waals surface area contributed by atoms with E-state index in [2.05, 4.69) is 9.72 Å². The van der Waals surface area contributed by atoms with Crippen LogP contribution >= 0.6 is 0 Å². The van der Waals surface area contributed by atoms with E-state index in [1.54, 1.807) is 24.4 Å². The first-order chi connectivity index (χ1) is 6.77. The number of hydrogen-bond donors (Lipinski definition) is 0. The fraction of sp³-hybridized carbons (Fsp3) is 0.100. The van der Waals surface area contributed by atoms with Crippen molar-refractivity contribution in [1.29, 1.82) is 0 Å². The average Bonchev–Trinajstić information content (AvgIpc) is 2.26. The van der Waals surface area contributed by atoms with Crippen LogP contribution in [0.15, 0.2) is 30.0 Å². The zero-order valence-electron chi connectivity index (χ0n) is 7.64. The van der Waals surface area contributed by atoms with Crippen molar-refractivity contribution in [2.75, 3.05) is 7.11 Å². The molecule has 0 unspecified atom stereocenters. The fourth-order valence-corrected chi connectivity index (χ4v) is 0.880. The molecule has 0 saturated heterocycles. The molecular formula is C10H9NO3. The number of methoxy groups -OCH3 is 1. The summed E-state index contributed by atoms with van der Waals surface area (Å²) in [4.78, 5) is 25.5. The molecule has 0 aliphatic carbocycles. The maximum Gasteiger partial charge on any atom is 0.341 e. The number of rotatable bonds is 3. The maximum atomic E-state index is 11.0. The number of carbonyl (C=O) groups is 2. The van der Waals surface area contributed by atoms with Gasteiger partial charge < -0.3 is 4.74 Å². The van der Waals surface area contributed by atoms with E-state index in [9.17, 15) is 9.59 Å². The number of aldehydes is 1. The molecule has 14 heavy (non-hydrogen) atoms. The van der Waals surface area contributed by atoms with Crippen LogP contribution in [-0.4, -0.2) is 24.3 Å². The lowest BCUT2D eigenvalue weighted by atomic mass is 10.2. The standard InChI is InChI=1S/C10H9NO3/c1-14-10(13)8(7-12)6-9-4-2-3-5-11-9/h2-7H,1H3/b8-6+. The van der Waals surface area contributed by atoms with Gasteiger partial charge in [0, 0.05) is 6.20 Å². The summed E-state index contributed by atoms with van der Waals surface area (Å²) in [5.41, 5.74) is 0.492. The number of esters is 1. The summed E-state index contributed by atoms with van der Waals surface area (Å²) in [7, 11) is 1.22. The maximum absolute atomic E-state index is 11.0. The van der Waals surface area contributed by atoms with Gasteiger partial charge in [-0.2, -0.15) is 0 Å². The van der Waals surface area contributed by atoms with E-state index in [0.29, 0.717) is 12.0 Å². The Hall–Kier alpha value is -1.97. The Labute approximate surface area is 81.2 Å². The second-order valence-corrected chi connectivity index (χ2v) is 2.46. The molecule has 4 heteroatoms. The smallest absolute Gasteiger partial charge is 0.341 e. The SMILES string of the molecule is COC(=O)/C(C=O)=C/c1ccccn1. The van der Waals surface area contributed by atoms with E-state index in [-0.39, 0.29) is 5.57 Å². The number of carbonyl (C=O) groups excluding carboxylic acids is 2. The lowest BCUT2D eigenvalue weighted by Gasteiger charge is -1.96. The first-order valence-corrected chi connectivity index (χ1v) is 3.94. The van der Waals surface area contributed by atoms with Gasteiger partial charge in [0.25, 0.3) is 0 Å². The van der Waals surface area contributed by atoms with Crippen LogP contribution in [0.1, 0.15) is 5.69 Å². The molecule has 4 nitrogen and oxygen atoms in total. The van der Waals surface area contributed by atoms with Crippen LogP contribution in [-0.2, 0) is 14.3 Å². The van der Waals surface area contributed by atoms with Gasteiger partial charge in [0.2, 0.25) is 0 Å². The Bertz CT molecular complexity index is 357. The summed E-state index contributed by atoms with van der Waals surface area (Å²) >= 11 is 0. The molecule has 0 atom stereocenters. The Kier molecular flexibility index (Phi) is 3.55. The van der Waals surface area contributed by atoms with Crippen LogP contribution in [0.25, 0.3) is 6.08 Å². The van der Waals surface area contributed by atoms with Gasteiger partial charge in [0.15, 0.2) is 6.29 Å². The highest BCUT2D eigenvalue weighted by atomic mass is 16.5. The van der Waals surface area contributed by atoms with Gasteiger partial charge in [-0.05, 0) is 18.2 Å². The summed E-state index contributed by atoms with van der Waals surface area (Å²) < 4.78 is 4.41. The van der Waals surface area contributed by atoms with Crippen molar-refractivity contribution in [3.8, 4) is 0 Å². The average molecular weight is 191 g/mol. The van der Waals surface area contributed by atoms with Crippen molar-refractivity contribution in [2.45, 2.75) is 0 Å². The molecule has 72 valence electrons. The molecule has 0 aromatic carbocycles. The Morgan fingerprint density at radius 2 is 2.29 bits per heavy atom. The minimum atomic E-state index is -0.661. The van der Waals surface area contributed by atoms with E-state index < -0.39 is 5.97 Å². The molecule has 1 aromatic heterocycles. The second kappa shape index (κ2) is 4.91. The van der Waals surface area contributed by atoms with E-state index in [4.69, 9.17) is 0 Å². The Balaban J connectivity index is 2.95. The van der Waals surface area contributed by atoms with Crippen LogP contribution in [0.4, 0.5) is 0 Å². The minimum Gasteiger partial charge on any atom is -0.465 e. The highest BCUT2D eigenvalue weighted by Crippen LogP contribution is 2.02. The van der Waals surface area contributed by atoms with Crippen molar-refractivity contribution in [2.24, 2.45) is 0 Å². The van der Waals surface area contributed by atoms with Crippen molar-refractivity contribution in [3.63, 3.8) is 0 Å². The van der Waals surface area contributed by atoms with E-state index in [0.717, 1.165) is 0 Å². The third-order valence-electron chi connectivity index (χ3n) is 1.54. The normalized spacial score (nSPS) is 10.8. The fourth-order valence-electron chi connectivity index (χ4n) is 0.880. The number of ether oxygens (including phenoxy) is 1. The molecule has 0 fully saturated rings. The first kappa shape index (κ1) is 10.1. The van der Waals surface area contributed by atoms with Gasteiger partial charge in [-0.1, -0.05) is 6.07 Å². The summed E-state index contributed by atoms with van der Waals surface area (Å²) in [6.07, 6.45) is 3.39. The molecule has 1 rings (SSSR count). The first-order valence-electron chi connectivity index (χ1n) is 3.94. The van der Waals surface area contributed by atoms with Crippen LogP contribution < -0.4 is 0 Å². The Morgan fingerprint density at radius 3 is 2.79 bits per heavy atom. The molecule has 0 amide bonds. The minimum absolute atomic E-state index is 0.0498. The summed E-state index contributed by atoms with van der Waals surface area (Å²) in [5, 5.41) is 0. The molecule has 0 bridgehead atoms. The van der Waals surface area contributed by atoms with E-state index in [1.165, 1.54) is 13.2 Å². The number of nitrogens with zero attached hydrogens (tertiary/aromatic N) is 1. The predicted octanol–water partition coefficient (Wildman–Crippen LogP) is 0.837. The van der Waals surface area contributed by atoms with E-state index in [1.807, 2.05) is 0 Å². The molecule has 0 N–H and O–H groups in total. The Morgan fingerprint density at radius 1 is 1.50 bits per heavy atom. The van der Waals surface area contributed by atoms with Gasteiger partial charge in [0.05, 0.1) is 12.8 Å². The largest absolute Gasteiger partial charge is 0.465 e. The number of pyridine rings is 1. The van der Waals surface area contributed by atoms with Gasteiger partial charge in [0.1, 0.15) is 5.57 Å². The van der Waals surface area contributed by atoms with Gasteiger partial charge >= 0.3 is 5.97 Å². The van der Waals surface area contributed by atoms with Crippen molar-refractivity contribution >= 4 is 18.3 Å². The quantitative estimate of drug-likeness (QED) is 0.233. The summed E-state index contributed by atoms with van der Waals surface area (Å²) in [6.45, 7) is 0. The zero-order valence-corrected chi connectivity index (χ0v) is 7.64. The summed E-state index contributed by atoms with van der Waals surface area (Å²) in [5.74, 6) is -0.661. The number of hydrogen-bond acceptors (Lipinski definition) is 4. The molecule has 0 saturated carbocycles. The van der Waals surface area contributed by atoms with Crippen LogP contribution in [0.3, 0.4) is 0 Å². The third-order valence-corrected chi connectivity index (χ3v) is 1.54. The third kappa shape index (κ3) is 2.52. The number of aromatic nitrogens is 1. The van der Waals surface area contributed by atoms with Crippen LogP contribution in [0, 0.1) is 0 Å². The molecule has 1 aromatic rings. The van der Waals surface area contributed by atoms with Crippen LogP contribution in [0.2, 0.25) is 0 Å². The van der Waals surface area contributed by atoms with Crippen molar-refractivity contribution in [1.82, 2.24) is 4.98 Å². The highest BCUT2D eigenvalue weighted by Gasteiger charge is 2.07. The zero-order chi connectivity index (χ0) is 10.4. The van der Waals surface area contributed by atoms with Gasteiger partial charge in [-0.15, -0.1) is 0 Å². The monoisotopic (exact) mass is 191 g/mol. The lowest BCUT2D eigenvalue weighted by molar-refractivity contribution is -0.136.